The van der Waals surface area contributed by atoms with Crippen molar-refractivity contribution >= 4 is 11.8 Å². The van der Waals surface area contributed by atoms with Gasteiger partial charge in [-0.1, -0.05) is 36.4 Å². The van der Waals surface area contributed by atoms with E-state index in [1.165, 1.54) is 12.3 Å². The SMILES string of the molecule is O=C(NCc1ccc(F)cc1F)c1cn2c(c(OCc3ccccc3)c1=O)C(=O)N1CCC[C@H]3CC32C1. The first-order valence-electron chi connectivity index (χ1n) is 12.4. The Morgan fingerprint density at radius 1 is 1.14 bits per heavy atom. The van der Waals surface area contributed by atoms with Gasteiger partial charge in [-0.2, -0.15) is 0 Å². The zero-order chi connectivity index (χ0) is 25.7. The fraction of sp³-hybridized carbons (Fsp3) is 0.321. The summed E-state index contributed by atoms with van der Waals surface area (Å²) in [4.78, 5) is 42.1. The summed E-state index contributed by atoms with van der Waals surface area (Å²) in [6, 6.07) is 12.3. The normalized spacial score (nSPS) is 21.5. The average molecular weight is 506 g/mol. The number of amides is 2. The highest BCUT2D eigenvalue weighted by molar-refractivity contribution is 5.99. The lowest BCUT2D eigenvalue weighted by molar-refractivity contribution is 0.0647. The Kier molecular flexibility index (Phi) is 5.58. The van der Waals surface area contributed by atoms with Crippen molar-refractivity contribution in [3.8, 4) is 5.75 Å². The maximum Gasteiger partial charge on any atom is 0.274 e. The molecule has 37 heavy (non-hydrogen) atoms. The fourth-order valence-electron chi connectivity index (χ4n) is 5.67. The molecule has 2 aromatic carbocycles. The van der Waals surface area contributed by atoms with E-state index in [1.807, 2.05) is 30.3 Å². The zero-order valence-electron chi connectivity index (χ0n) is 20.0. The molecule has 1 saturated carbocycles. The molecule has 3 aromatic rings. The Labute approximate surface area is 211 Å². The molecule has 190 valence electrons. The highest BCUT2D eigenvalue weighted by Gasteiger charge is 2.61. The topological polar surface area (TPSA) is 80.6 Å². The summed E-state index contributed by atoms with van der Waals surface area (Å²) in [5, 5.41) is 2.56. The smallest absolute Gasteiger partial charge is 0.274 e. The van der Waals surface area contributed by atoms with Crippen LogP contribution in [0.2, 0.25) is 0 Å². The third kappa shape index (κ3) is 3.98. The molecule has 2 bridgehead atoms. The van der Waals surface area contributed by atoms with Gasteiger partial charge in [-0.3, -0.25) is 14.4 Å². The van der Waals surface area contributed by atoms with Crippen molar-refractivity contribution in [1.82, 2.24) is 14.8 Å². The van der Waals surface area contributed by atoms with Crippen LogP contribution in [-0.4, -0.2) is 34.4 Å². The summed E-state index contributed by atoms with van der Waals surface area (Å²) in [6.07, 6.45) is 4.16. The summed E-state index contributed by atoms with van der Waals surface area (Å²) >= 11 is 0. The molecule has 2 aliphatic heterocycles. The third-order valence-corrected chi connectivity index (χ3v) is 7.70. The van der Waals surface area contributed by atoms with Crippen LogP contribution in [0.1, 0.15) is 51.2 Å². The average Bonchev–Trinajstić information content (AvgIpc) is 3.60. The van der Waals surface area contributed by atoms with Gasteiger partial charge in [0, 0.05) is 37.5 Å². The minimum absolute atomic E-state index is 0.0542. The number of nitrogens with one attached hydrogen (secondary N) is 1. The number of hydrogen-bond donors (Lipinski definition) is 1. The number of benzene rings is 2. The highest BCUT2D eigenvalue weighted by atomic mass is 19.1. The molecular formula is C28H25F2N3O4. The van der Waals surface area contributed by atoms with Crippen molar-refractivity contribution in [2.45, 2.75) is 38.0 Å². The third-order valence-electron chi connectivity index (χ3n) is 7.70. The second-order valence-electron chi connectivity index (χ2n) is 9.99. The molecule has 1 saturated heterocycles. The molecule has 6 rings (SSSR count). The number of pyridine rings is 1. The van der Waals surface area contributed by atoms with Crippen LogP contribution in [0.25, 0.3) is 0 Å². The number of hydrogen-bond acceptors (Lipinski definition) is 4. The number of halogens is 2. The first-order valence-corrected chi connectivity index (χ1v) is 12.4. The molecule has 1 aromatic heterocycles. The molecular weight excluding hydrogens is 480 g/mol. The van der Waals surface area contributed by atoms with E-state index >= 15 is 0 Å². The minimum atomic E-state index is -0.793. The maximum absolute atomic E-state index is 14.1. The van der Waals surface area contributed by atoms with Crippen LogP contribution in [0.15, 0.2) is 59.5 Å². The van der Waals surface area contributed by atoms with Gasteiger partial charge in [0.15, 0.2) is 11.4 Å². The van der Waals surface area contributed by atoms with Crippen molar-refractivity contribution in [2.24, 2.45) is 5.92 Å². The lowest BCUT2D eigenvalue weighted by Crippen LogP contribution is -2.49. The standard InChI is InChI=1S/C28H25F2N3O4/c29-20-9-8-18(22(30)11-20)13-31-26(35)21-14-33-23(25(24(21)34)37-15-17-5-2-1-3-6-17)27(36)32-10-4-7-19-12-28(19,33)16-32/h1-3,5-6,8-9,11,14,19H,4,7,10,12-13,15-16H2,(H,31,35)/t19-,28?/m0/s1. The van der Waals surface area contributed by atoms with E-state index in [9.17, 15) is 23.2 Å². The molecule has 2 atom stereocenters. The Bertz CT molecular complexity index is 1470. The van der Waals surface area contributed by atoms with Gasteiger partial charge >= 0.3 is 0 Å². The van der Waals surface area contributed by atoms with Gasteiger partial charge in [0.1, 0.15) is 23.8 Å². The van der Waals surface area contributed by atoms with Crippen molar-refractivity contribution < 1.29 is 23.1 Å². The molecule has 1 spiro atoms. The number of aromatic nitrogens is 1. The summed E-state index contributed by atoms with van der Waals surface area (Å²) in [6.45, 7) is 0.979. The Hall–Kier alpha value is -4.01. The largest absolute Gasteiger partial charge is 0.483 e. The van der Waals surface area contributed by atoms with Crippen molar-refractivity contribution in [1.29, 1.82) is 0 Å². The number of carbonyl (C=O) groups excluding carboxylic acids is 2. The summed E-state index contributed by atoms with van der Waals surface area (Å²) in [5.74, 6) is -2.31. The van der Waals surface area contributed by atoms with Crippen LogP contribution in [0.5, 0.6) is 5.75 Å². The number of nitrogens with zero attached hydrogens (tertiary/aromatic N) is 2. The molecule has 0 radical (unpaired) electrons. The van der Waals surface area contributed by atoms with Gasteiger partial charge in [0.05, 0.1) is 5.54 Å². The molecule has 1 unspecified atom stereocenters. The molecule has 3 aliphatic rings. The summed E-state index contributed by atoms with van der Waals surface area (Å²) in [7, 11) is 0. The van der Waals surface area contributed by atoms with Crippen LogP contribution in [-0.2, 0) is 18.7 Å². The van der Waals surface area contributed by atoms with E-state index in [0.29, 0.717) is 19.0 Å². The van der Waals surface area contributed by atoms with Crippen molar-refractivity contribution in [3.63, 3.8) is 0 Å². The minimum Gasteiger partial charge on any atom is -0.483 e. The highest BCUT2D eigenvalue weighted by Crippen LogP contribution is 2.57. The van der Waals surface area contributed by atoms with Gasteiger partial charge in [-0.05, 0) is 36.8 Å². The van der Waals surface area contributed by atoms with E-state index < -0.39 is 23.0 Å². The van der Waals surface area contributed by atoms with Crippen molar-refractivity contribution in [2.75, 3.05) is 13.1 Å². The van der Waals surface area contributed by atoms with Crippen LogP contribution in [0.3, 0.4) is 0 Å². The molecule has 9 heteroatoms. The van der Waals surface area contributed by atoms with Crippen LogP contribution < -0.4 is 15.5 Å². The quantitative estimate of drug-likeness (QED) is 0.555. The summed E-state index contributed by atoms with van der Waals surface area (Å²) < 4.78 is 35.1. The second-order valence-corrected chi connectivity index (χ2v) is 9.99. The van der Waals surface area contributed by atoms with E-state index in [4.69, 9.17) is 4.74 Å². The van der Waals surface area contributed by atoms with E-state index in [-0.39, 0.29) is 47.2 Å². The van der Waals surface area contributed by atoms with Gasteiger partial charge in [0.25, 0.3) is 11.8 Å². The predicted molar refractivity (Wildman–Crippen MR) is 130 cm³/mol. The fourth-order valence-corrected chi connectivity index (χ4v) is 5.67. The van der Waals surface area contributed by atoms with E-state index in [1.54, 1.807) is 9.47 Å². The zero-order valence-corrected chi connectivity index (χ0v) is 20.0. The Morgan fingerprint density at radius 3 is 2.73 bits per heavy atom. The predicted octanol–water partition coefficient (Wildman–Crippen LogP) is 3.60. The molecule has 1 N–H and O–H groups in total. The first-order chi connectivity index (χ1) is 17.9. The Balaban J connectivity index is 1.40. The second kappa shape index (κ2) is 8.83. The molecule has 3 heterocycles. The molecule has 7 nitrogen and oxygen atoms in total. The van der Waals surface area contributed by atoms with Gasteiger partial charge in [0.2, 0.25) is 5.43 Å². The monoisotopic (exact) mass is 505 g/mol. The van der Waals surface area contributed by atoms with Gasteiger partial charge < -0.3 is 19.5 Å². The maximum atomic E-state index is 14.1. The number of rotatable bonds is 6. The Morgan fingerprint density at radius 2 is 1.95 bits per heavy atom. The van der Waals surface area contributed by atoms with Crippen LogP contribution >= 0.6 is 0 Å². The molecule has 1 aliphatic carbocycles. The van der Waals surface area contributed by atoms with E-state index in [2.05, 4.69) is 5.32 Å². The lowest BCUT2D eigenvalue weighted by atomic mass is 10.0. The number of fused-ring (bicyclic) bond motifs is 2. The van der Waals surface area contributed by atoms with Crippen molar-refractivity contribution in [3.05, 3.63) is 99.0 Å². The van der Waals surface area contributed by atoms with E-state index in [0.717, 1.165) is 37.0 Å². The first kappa shape index (κ1) is 23.4. The van der Waals surface area contributed by atoms with Gasteiger partial charge in [-0.15, -0.1) is 0 Å². The lowest BCUT2D eigenvalue weighted by Gasteiger charge is -2.36. The number of carbonyl (C=O) groups is 2. The van der Waals surface area contributed by atoms with Gasteiger partial charge in [-0.25, -0.2) is 8.78 Å². The number of ether oxygens (including phenoxy) is 1. The summed E-state index contributed by atoms with van der Waals surface area (Å²) in [5.41, 5.74) is -0.163. The van der Waals surface area contributed by atoms with Crippen LogP contribution in [0.4, 0.5) is 8.78 Å². The molecule has 2 fully saturated rings. The van der Waals surface area contributed by atoms with Crippen LogP contribution in [0, 0.1) is 17.6 Å². The molecule has 2 amide bonds.